The fraction of sp³-hybridized carbons (Fsp3) is 0.478. The van der Waals surface area contributed by atoms with Crippen molar-refractivity contribution in [3.8, 4) is 0 Å². The Morgan fingerprint density at radius 3 is 2.80 bits per heavy atom. The van der Waals surface area contributed by atoms with Crippen LogP contribution >= 0.6 is 23.2 Å². The van der Waals surface area contributed by atoms with Crippen molar-refractivity contribution in [3.05, 3.63) is 58.2 Å². The van der Waals surface area contributed by atoms with Crippen LogP contribution in [0.2, 0.25) is 10.0 Å². The SMILES string of the molecule is COC1CCN(CCC2(c3ccc(Cl)c(Cl)c3)CCC(=O)N(c3ccccn3)C2)C1. The van der Waals surface area contributed by atoms with Gasteiger partial charge in [-0.25, -0.2) is 4.98 Å². The number of ether oxygens (including phenoxy) is 1. The molecule has 0 N–H and O–H groups in total. The minimum Gasteiger partial charge on any atom is -0.380 e. The summed E-state index contributed by atoms with van der Waals surface area (Å²) in [6.45, 7) is 3.53. The Morgan fingerprint density at radius 2 is 2.10 bits per heavy atom. The van der Waals surface area contributed by atoms with Crippen LogP contribution in [0, 0.1) is 0 Å². The van der Waals surface area contributed by atoms with E-state index in [0.29, 0.717) is 34.9 Å². The molecule has 0 saturated carbocycles. The van der Waals surface area contributed by atoms with Crippen molar-refractivity contribution in [2.75, 3.05) is 38.2 Å². The molecule has 0 spiro atoms. The van der Waals surface area contributed by atoms with Gasteiger partial charge in [0.2, 0.25) is 5.91 Å². The number of halogens is 2. The summed E-state index contributed by atoms with van der Waals surface area (Å²) in [5, 5.41) is 1.10. The zero-order chi connectivity index (χ0) is 21.1. The molecule has 2 aliphatic rings. The molecule has 1 amide bonds. The van der Waals surface area contributed by atoms with Gasteiger partial charge in [0.25, 0.3) is 0 Å². The van der Waals surface area contributed by atoms with Crippen LogP contribution in [0.4, 0.5) is 5.82 Å². The summed E-state index contributed by atoms with van der Waals surface area (Å²) in [6.07, 6.45) is 5.30. The van der Waals surface area contributed by atoms with Gasteiger partial charge < -0.3 is 9.64 Å². The van der Waals surface area contributed by atoms with Crippen LogP contribution in [0.1, 0.15) is 31.2 Å². The van der Waals surface area contributed by atoms with E-state index in [1.807, 2.05) is 35.2 Å². The quantitative estimate of drug-likeness (QED) is 0.650. The van der Waals surface area contributed by atoms with E-state index in [1.165, 1.54) is 0 Å². The minimum atomic E-state index is -0.204. The molecule has 2 atom stereocenters. The summed E-state index contributed by atoms with van der Waals surface area (Å²) in [6, 6.07) is 11.6. The second kappa shape index (κ2) is 9.23. The number of carbonyl (C=O) groups is 1. The largest absolute Gasteiger partial charge is 0.380 e. The van der Waals surface area contributed by atoms with E-state index in [0.717, 1.165) is 44.5 Å². The highest BCUT2D eigenvalue weighted by atomic mass is 35.5. The first-order valence-electron chi connectivity index (χ1n) is 10.4. The zero-order valence-corrected chi connectivity index (χ0v) is 18.7. The molecule has 2 fully saturated rings. The molecule has 160 valence electrons. The highest BCUT2D eigenvalue weighted by molar-refractivity contribution is 6.42. The third-order valence-corrected chi connectivity index (χ3v) is 7.25. The molecule has 7 heteroatoms. The van der Waals surface area contributed by atoms with Gasteiger partial charge >= 0.3 is 0 Å². The lowest BCUT2D eigenvalue weighted by Crippen LogP contribution is -2.50. The Kier molecular flexibility index (Phi) is 6.63. The average Bonchev–Trinajstić information content (AvgIpc) is 3.24. The van der Waals surface area contributed by atoms with E-state index in [1.54, 1.807) is 13.3 Å². The molecule has 0 aliphatic carbocycles. The van der Waals surface area contributed by atoms with E-state index in [9.17, 15) is 4.79 Å². The van der Waals surface area contributed by atoms with E-state index in [2.05, 4.69) is 16.0 Å². The number of likely N-dealkylation sites (tertiary alicyclic amines) is 1. The van der Waals surface area contributed by atoms with Crippen molar-refractivity contribution in [2.45, 2.75) is 37.2 Å². The van der Waals surface area contributed by atoms with Gasteiger partial charge in [0, 0.05) is 44.8 Å². The first kappa shape index (κ1) is 21.6. The third kappa shape index (κ3) is 4.50. The van der Waals surface area contributed by atoms with Gasteiger partial charge in [0.15, 0.2) is 0 Å². The van der Waals surface area contributed by atoms with Gasteiger partial charge in [-0.2, -0.15) is 0 Å². The monoisotopic (exact) mass is 447 g/mol. The van der Waals surface area contributed by atoms with Gasteiger partial charge in [0.05, 0.1) is 16.1 Å². The number of hydrogen-bond donors (Lipinski definition) is 0. The standard InChI is InChI=1S/C23H27Cl2N3O2/c1-30-18-8-12-27(15-18)13-10-23(17-5-6-19(24)20(25)14-17)9-7-22(29)28(16-23)21-4-2-3-11-26-21/h2-6,11,14,18H,7-10,12-13,15-16H2,1H3. The molecule has 2 saturated heterocycles. The summed E-state index contributed by atoms with van der Waals surface area (Å²) in [5.74, 6) is 0.817. The average molecular weight is 448 g/mol. The van der Waals surface area contributed by atoms with Gasteiger partial charge in [-0.1, -0.05) is 35.3 Å². The van der Waals surface area contributed by atoms with Crippen LogP contribution in [0.25, 0.3) is 0 Å². The lowest BCUT2D eigenvalue weighted by Gasteiger charge is -2.43. The van der Waals surface area contributed by atoms with Crippen LogP contribution < -0.4 is 4.90 Å². The highest BCUT2D eigenvalue weighted by Gasteiger charge is 2.41. The Labute approximate surface area is 187 Å². The Morgan fingerprint density at radius 1 is 1.23 bits per heavy atom. The van der Waals surface area contributed by atoms with Gasteiger partial charge in [0.1, 0.15) is 5.82 Å². The van der Waals surface area contributed by atoms with Crippen molar-refractivity contribution in [1.82, 2.24) is 9.88 Å². The first-order valence-corrected chi connectivity index (χ1v) is 11.2. The van der Waals surface area contributed by atoms with Gasteiger partial charge in [-0.15, -0.1) is 0 Å². The molecule has 1 aromatic heterocycles. The summed E-state index contributed by atoms with van der Waals surface area (Å²) < 4.78 is 5.53. The molecule has 1 aromatic carbocycles. The zero-order valence-electron chi connectivity index (χ0n) is 17.2. The van der Waals surface area contributed by atoms with Crippen molar-refractivity contribution in [3.63, 3.8) is 0 Å². The summed E-state index contributed by atoms with van der Waals surface area (Å²) in [4.78, 5) is 21.5. The van der Waals surface area contributed by atoms with Crippen molar-refractivity contribution >= 4 is 34.9 Å². The maximum Gasteiger partial charge on any atom is 0.228 e. The molecular formula is C23H27Cl2N3O2. The Balaban J connectivity index is 1.63. The van der Waals surface area contributed by atoms with Crippen molar-refractivity contribution in [1.29, 1.82) is 0 Å². The second-order valence-corrected chi connectivity index (χ2v) is 9.09. The number of piperidine rings is 1. The molecule has 0 radical (unpaired) electrons. The van der Waals surface area contributed by atoms with Crippen LogP contribution in [0.3, 0.4) is 0 Å². The molecule has 5 nitrogen and oxygen atoms in total. The number of rotatable bonds is 6. The molecule has 30 heavy (non-hydrogen) atoms. The molecule has 4 rings (SSSR count). The van der Waals surface area contributed by atoms with E-state index in [-0.39, 0.29) is 11.3 Å². The number of hydrogen-bond acceptors (Lipinski definition) is 4. The normalized spacial score (nSPS) is 25.1. The van der Waals surface area contributed by atoms with Gasteiger partial charge in [-0.05, 0) is 55.6 Å². The number of aromatic nitrogens is 1. The van der Waals surface area contributed by atoms with Gasteiger partial charge in [-0.3, -0.25) is 9.69 Å². The smallest absolute Gasteiger partial charge is 0.228 e. The lowest BCUT2D eigenvalue weighted by atomic mass is 9.71. The summed E-state index contributed by atoms with van der Waals surface area (Å²) in [7, 11) is 1.78. The first-order chi connectivity index (χ1) is 14.5. The molecule has 3 heterocycles. The predicted octanol–water partition coefficient (Wildman–Crippen LogP) is 4.56. The number of methoxy groups -OCH3 is 1. The maximum atomic E-state index is 12.8. The Bertz CT molecular complexity index is 895. The van der Waals surface area contributed by atoms with E-state index in [4.69, 9.17) is 27.9 Å². The summed E-state index contributed by atoms with van der Waals surface area (Å²) >= 11 is 12.6. The predicted molar refractivity (Wildman–Crippen MR) is 120 cm³/mol. The molecular weight excluding hydrogens is 421 g/mol. The van der Waals surface area contributed by atoms with Crippen molar-refractivity contribution < 1.29 is 9.53 Å². The highest BCUT2D eigenvalue weighted by Crippen LogP contribution is 2.41. The van der Waals surface area contributed by atoms with E-state index < -0.39 is 0 Å². The molecule has 2 aliphatic heterocycles. The number of nitrogens with zero attached hydrogens (tertiary/aromatic N) is 3. The van der Waals surface area contributed by atoms with Crippen LogP contribution in [0.5, 0.6) is 0 Å². The maximum absolute atomic E-state index is 12.8. The number of amides is 1. The number of benzene rings is 1. The van der Waals surface area contributed by atoms with Crippen molar-refractivity contribution in [2.24, 2.45) is 0 Å². The molecule has 0 bridgehead atoms. The third-order valence-electron chi connectivity index (χ3n) is 6.51. The lowest BCUT2D eigenvalue weighted by molar-refractivity contribution is -0.120. The number of carbonyl (C=O) groups excluding carboxylic acids is 1. The number of anilines is 1. The fourth-order valence-corrected chi connectivity index (χ4v) is 4.95. The van der Waals surface area contributed by atoms with Crippen LogP contribution in [0.15, 0.2) is 42.6 Å². The molecule has 2 aromatic rings. The number of pyridine rings is 1. The Hall–Kier alpha value is -1.66. The van der Waals surface area contributed by atoms with Crippen LogP contribution in [-0.2, 0) is 14.9 Å². The van der Waals surface area contributed by atoms with Crippen LogP contribution in [-0.4, -0.2) is 55.2 Å². The fourth-order valence-electron chi connectivity index (χ4n) is 4.65. The second-order valence-electron chi connectivity index (χ2n) is 8.27. The minimum absolute atomic E-state index is 0.116. The summed E-state index contributed by atoms with van der Waals surface area (Å²) in [5.41, 5.74) is 0.929. The van der Waals surface area contributed by atoms with E-state index >= 15 is 0 Å². The topological polar surface area (TPSA) is 45.7 Å². The molecule has 2 unspecified atom stereocenters.